The first kappa shape index (κ1) is 21.1. The number of aromatic nitrogens is 2. The van der Waals surface area contributed by atoms with Crippen LogP contribution in [0.2, 0.25) is 5.02 Å². The molecule has 30 heavy (non-hydrogen) atoms. The van der Waals surface area contributed by atoms with Crippen LogP contribution in [0, 0.1) is 5.82 Å². The largest absolute Gasteiger partial charge is 0.497 e. The van der Waals surface area contributed by atoms with Crippen LogP contribution < -0.4 is 20.3 Å². The predicted molar refractivity (Wildman–Crippen MR) is 122 cm³/mol. The van der Waals surface area contributed by atoms with Gasteiger partial charge in [0.25, 0.3) is 0 Å². The van der Waals surface area contributed by atoms with Crippen molar-refractivity contribution in [1.82, 2.24) is 15.3 Å². The Balaban J connectivity index is 1.73. The van der Waals surface area contributed by atoms with Crippen LogP contribution in [0.5, 0.6) is 5.75 Å². The summed E-state index contributed by atoms with van der Waals surface area (Å²) >= 11 is 9.47. The number of benzene rings is 2. The SMILES string of the molecule is COc1ccc(CNc2nc(N3CCNC[C@@H]3C)c3cc(Cl)c(Br)c(F)c3n2)cc1. The van der Waals surface area contributed by atoms with Crippen LogP contribution >= 0.6 is 27.5 Å². The standard InChI is InChI=1S/C21H22BrClFN5O/c1-12-10-25-7-8-29(12)20-15-9-16(23)17(22)18(24)19(15)27-21(28-20)26-11-13-3-5-14(30-2)6-4-13/h3-6,9,12,25H,7-8,10-11H2,1-2H3,(H,26,27,28)/t12-/m0/s1. The van der Waals surface area contributed by atoms with Crippen LogP contribution in [0.15, 0.2) is 34.8 Å². The first-order chi connectivity index (χ1) is 14.5. The molecular weight excluding hydrogens is 473 g/mol. The van der Waals surface area contributed by atoms with Crippen LogP contribution in [0.4, 0.5) is 16.2 Å². The highest BCUT2D eigenvalue weighted by molar-refractivity contribution is 9.10. The molecule has 0 spiro atoms. The second kappa shape index (κ2) is 8.91. The number of nitrogens with zero attached hydrogens (tertiary/aromatic N) is 3. The number of hydrogen-bond acceptors (Lipinski definition) is 6. The van der Waals surface area contributed by atoms with E-state index in [0.717, 1.165) is 30.9 Å². The normalized spacial score (nSPS) is 16.7. The number of ether oxygens (including phenoxy) is 1. The molecule has 6 nitrogen and oxygen atoms in total. The van der Waals surface area contributed by atoms with Gasteiger partial charge in [0.2, 0.25) is 5.95 Å². The zero-order valence-corrected chi connectivity index (χ0v) is 19.0. The summed E-state index contributed by atoms with van der Waals surface area (Å²) < 4.78 is 20.4. The van der Waals surface area contributed by atoms with Gasteiger partial charge in [0.1, 0.15) is 17.1 Å². The van der Waals surface area contributed by atoms with Gasteiger partial charge < -0.3 is 20.3 Å². The molecule has 2 N–H and O–H groups in total. The zero-order valence-electron chi connectivity index (χ0n) is 16.7. The van der Waals surface area contributed by atoms with Crippen molar-refractivity contribution in [2.24, 2.45) is 0 Å². The van der Waals surface area contributed by atoms with Crippen LogP contribution in [0.3, 0.4) is 0 Å². The summed E-state index contributed by atoms with van der Waals surface area (Å²) in [6.07, 6.45) is 0. The highest BCUT2D eigenvalue weighted by Gasteiger charge is 2.25. The van der Waals surface area contributed by atoms with Gasteiger partial charge in [-0.3, -0.25) is 0 Å². The average Bonchev–Trinajstić information content (AvgIpc) is 2.77. The van der Waals surface area contributed by atoms with Gasteiger partial charge >= 0.3 is 0 Å². The smallest absolute Gasteiger partial charge is 0.225 e. The molecule has 9 heteroatoms. The number of rotatable bonds is 5. The van der Waals surface area contributed by atoms with Gasteiger partial charge in [0.05, 0.1) is 16.6 Å². The summed E-state index contributed by atoms with van der Waals surface area (Å²) in [5, 5.41) is 7.49. The number of anilines is 2. The lowest BCUT2D eigenvalue weighted by molar-refractivity contribution is 0.414. The first-order valence-corrected chi connectivity index (χ1v) is 10.8. The van der Waals surface area contributed by atoms with Crippen molar-refractivity contribution in [3.63, 3.8) is 0 Å². The van der Waals surface area contributed by atoms with Crippen molar-refractivity contribution < 1.29 is 9.13 Å². The van der Waals surface area contributed by atoms with E-state index in [2.05, 4.69) is 43.4 Å². The lowest BCUT2D eigenvalue weighted by Crippen LogP contribution is -2.50. The van der Waals surface area contributed by atoms with Gasteiger partial charge in [-0.15, -0.1) is 0 Å². The molecule has 0 unspecified atom stereocenters. The molecular formula is C21H22BrClFN5O. The summed E-state index contributed by atoms with van der Waals surface area (Å²) in [5.41, 5.74) is 1.27. The molecule has 2 aromatic carbocycles. The maximum absolute atomic E-state index is 15.0. The Morgan fingerprint density at radius 3 is 2.80 bits per heavy atom. The average molecular weight is 495 g/mol. The number of halogens is 3. The van der Waals surface area contributed by atoms with E-state index in [0.29, 0.717) is 28.7 Å². The molecule has 1 aromatic heterocycles. The molecule has 158 valence electrons. The second-order valence-corrected chi connectivity index (χ2v) is 8.40. The summed E-state index contributed by atoms with van der Waals surface area (Å²) in [6.45, 7) is 5.04. The Kier molecular flexibility index (Phi) is 6.26. The molecule has 1 saturated heterocycles. The quantitative estimate of drug-likeness (QED) is 0.505. The molecule has 1 aliphatic heterocycles. The van der Waals surface area contributed by atoms with E-state index in [4.69, 9.17) is 21.3 Å². The highest BCUT2D eigenvalue weighted by Crippen LogP contribution is 2.36. The molecule has 0 bridgehead atoms. The van der Waals surface area contributed by atoms with Gasteiger partial charge in [-0.25, -0.2) is 9.37 Å². The minimum atomic E-state index is -0.489. The second-order valence-electron chi connectivity index (χ2n) is 7.20. The van der Waals surface area contributed by atoms with E-state index < -0.39 is 5.82 Å². The molecule has 0 radical (unpaired) electrons. The van der Waals surface area contributed by atoms with E-state index >= 15 is 4.39 Å². The Labute approximate surface area is 187 Å². The number of nitrogens with one attached hydrogen (secondary N) is 2. The summed E-state index contributed by atoms with van der Waals surface area (Å²) in [7, 11) is 1.63. The molecule has 2 heterocycles. The first-order valence-electron chi connectivity index (χ1n) is 9.67. The monoisotopic (exact) mass is 493 g/mol. The van der Waals surface area contributed by atoms with E-state index in [1.807, 2.05) is 24.3 Å². The Morgan fingerprint density at radius 1 is 1.33 bits per heavy atom. The number of piperazine rings is 1. The molecule has 0 amide bonds. The minimum Gasteiger partial charge on any atom is -0.497 e. The van der Waals surface area contributed by atoms with Crippen LogP contribution in [0.1, 0.15) is 12.5 Å². The molecule has 0 saturated carbocycles. The van der Waals surface area contributed by atoms with Gasteiger partial charge in [0.15, 0.2) is 5.82 Å². The summed E-state index contributed by atoms with van der Waals surface area (Å²) in [4.78, 5) is 11.4. The molecule has 3 aromatic rings. The highest BCUT2D eigenvalue weighted by atomic mass is 79.9. The molecule has 0 aliphatic carbocycles. The molecule has 1 atom stereocenters. The van der Waals surface area contributed by atoms with Gasteiger partial charge in [-0.1, -0.05) is 23.7 Å². The van der Waals surface area contributed by atoms with Gasteiger partial charge in [-0.2, -0.15) is 4.98 Å². The van der Waals surface area contributed by atoms with E-state index in [-0.39, 0.29) is 16.0 Å². The molecule has 4 rings (SSSR count). The van der Waals surface area contributed by atoms with Crippen molar-refractivity contribution in [3.05, 3.63) is 51.2 Å². The van der Waals surface area contributed by atoms with E-state index in [1.54, 1.807) is 13.2 Å². The van der Waals surface area contributed by atoms with Crippen molar-refractivity contribution in [3.8, 4) is 5.75 Å². The lowest BCUT2D eigenvalue weighted by Gasteiger charge is -2.35. The number of fused-ring (bicyclic) bond motifs is 1. The van der Waals surface area contributed by atoms with Crippen molar-refractivity contribution in [2.75, 3.05) is 37.0 Å². The van der Waals surface area contributed by atoms with Crippen molar-refractivity contribution >= 4 is 50.2 Å². The summed E-state index contributed by atoms with van der Waals surface area (Å²) in [5.74, 6) is 1.35. The molecule has 1 fully saturated rings. The van der Waals surface area contributed by atoms with Crippen molar-refractivity contribution in [2.45, 2.75) is 19.5 Å². The van der Waals surface area contributed by atoms with Crippen molar-refractivity contribution in [1.29, 1.82) is 0 Å². The maximum Gasteiger partial charge on any atom is 0.225 e. The third-order valence-corrected chi connectivity index (χ3v) is 6.49. The fraction of sp³-hybridized carbons (Fsp3) is 0.333. The predicted octanol–water partition coefficient (Wildman–Crippen LogP) is 4.60. The Hall–Kier alpha value is -2.16. The van der Waals surface area contributed by atoms with E-state index in [9.17, 15) is 0 Å². The fourth-order valence-electron chi connectivity index (χ4n) is 3.53. The third kappa shape index (κ3) is 4.17. The van der Waals surface area contributed by atoms with Crippen LogP contribution in [-0.2, 0) is 6.54 Å². The van der Waals surface area contributed by atoms with Crippen LogP contribution in [-0.4, -0.2) is 42.8 Å². The lowest BCUT2D eigenvalue weighted by atomic mass is 10.1. The van der Waals surface area contributed by atoms with Crippen LogP contribution in [0.25, 0.3) is 10.9 Å². The number of hydrogen-bond donors (Lipinski definition) is 2. The Bertz CT molecular complexity index is 1070. The molecule has 1 aliphatic rings. The summed E-state index contributed by atoms with van der Waals surface area (Å²) in [6, 6.07) is 9.64. The fourth-order valence-corrected chi connectivity index (χ4v) is 4.03. The maximum atomic E-state index is 15.0. The Morgan fingerprint density at radius 2 is 2.10 bits per heavy atom. The minimum absolute atomic E-state index is 0.204. The number of methoxy groups -OCH3 is 1. The third-order valence-electron chi connectivity index (χ3n) is 5.19. The van der Waals surface area contributed by atoms with Gasteiger partial charge in [-0.05, 0) is 46.6 Å². The van der Waals surface area contributed by atoms with Gasteiger partial charge in [0, 0.05) is 37.6 Å². The topological polar surface area (TPSA) is 62.3 Å². The van der Waals surface area contributed by atoms with E-state index in [1.165, 1.54) is 0 Å². The zero-order chi connectivity index (χ0) is 21.3.